The highest BCUT2D eigenvalue weighted by atomic mass is 79.9. The van der Waals surface area contributed by atoms with Gasteiger partial charge in [-0.15, -0.1) is 0 Å². The number of hydrogen-bond donors (Lipinski definition) is 0. The summed E-state index contributed by atoms with van der Waals surface area (Å²) in [7, 11) is 1.73. The molecule has 0 N–H and O–H groups in total. The highest BCUT2D eigenvalue weighted by Gasteiger charge is 2.41. The molecule has 0 aliphatic heterocycles. The minimum absolute atomic E-state index is 0.143. The molecule has 18 heavy (non-hydrogen) atoms. The van der Waals surface area contributed by atoms with Crippen molar-refractivity contribution in [2.75, 3.05) is 7.11 Å². The monoisotopic (exact) mass is 306 g/mol. The molecule has 0 amide bonds. The molecule has 94 valence electrons. The molecular weight excluding hydrogens is 292 g/mol. The molecular formula is C15H15BrO2. The van der Waals surface area contributed by atoms with Crippen molar-refractivity contribution < 1.29 is 9.47 Å². The predicted molar refractivity (Wildman–Crippen MR) is 76.5 cm³/mol. The van der Waals surface area contributed by atoms with Crippen LogP contribution >= 0.6 is 15.9 Å². The Morgan fingerprint density at radius 3 is 2.67 bits per heavy atom. The summed E-state index contributed by atoms with van der Waals surface area (Å²) in [6, 6.07) is 14.4. The van der Waals surface area contributed by atoms with E-state index in [-0.39, 0.29) is 12.2 Å². The van der Waals surface area contributed by atoms with Crippen LogP contribution in [0.3, 0.4) is 0 Å². The van der Waals surface area contributed by atoms with Crippen LogP contribution in [0.5, 0.6) is 5.75 Å². The maximum atomic E-state index is 6.08. The van der Waals surface area contributed by atoms with Crippen LogP contribution < -0.4 is 4.74 Å². The minimum Gasteiger partial charge on any atom is -0.487 e. The third-order valence-corrected chi connectivity index (χ3v) is 4.38. The molecule has 2 nitrogen and oxygen atoms in total. The van der Waals surface area contributed by atoms with E-state index >= 15 is 0 Å². The largest absolute Gasteiger partial charge is 0.487 e. The first-order valence-electron chi connectivity index (χ1n) is 6.11. The second-order valence-electron chi connectivity index (χ2n) is 4.59. The van der Waals surface area contributed by atoms with Crippen LogP contribution in [-0.4, -0.2) is 24.1 Å². The summed E-state index contributed by atoms with van der Waals surface area (Å²) < 4.78 is 11.5. The van der Waals surface area contributed by atoms with Crippen molar-refractivity contribution in [3.05, 3.63) is 42.5 Å². The normalized spacial score (nSPS) is 26.9. The zero-order valence-electron chi connectivity index (χ0n) is 10.2. The van der Waals surface area contributed by atoms with E-state index in [0.717, 1.165) is 17.6 Å². The van der Waals surface area contributed by atoms with Crippen LogP contribution in [0.15, 0.2) is 42.5 Å². The minimum atomic E-state index is 0.143. The molecule has 0 bridgehead atoms. The smallest absolute Gasteiger partial charge is 0.127 e. The fourth-order valence-electron chi connectivity index (χ4n) is 2.40. The van der Waals surface area contributed by atoms with Crippen molar-refractivity contribution in [2.24, 2.45) is 0 Å². The van der Waals surface area contributed by atoms with Gasteiger partial charge in [0.05, 0.1) is 0 Å². The molecule has 1 aliphatic rings. The Morgan fingerprint density at radius 2 is 1.89 bits per heavy atom. The summed E-state index contributed by atoms with van der Waals surface area (Å²) in [5.41, 5.74) is 0. The lowest BCUT2D eigenvalue weighted by molar-refractivity contribution is -0.0538. The van der Waals surface area contributed by atoms with E-state index in [1.807, 2.05) is 24.3 Å². The number of hydrogen-bond acceptors (Lipinski definition) is 2. The Labute approximate surface area is 115 Å². The second kappa shape index (κ2) is 4.90. The SMILES string of the molecule is COC1C(Br)CC1Oc1cccc2ccccc12. The van der Waals surface area contributed by atoms with E-state index in [9.17, 15) is 0 Å². The summed E-state index contributed by atoms with van der Waals surface area (Å²) in [5.74, 6) is 0.944. The van der Waals surface area contributed by atoms with Gasteiger partial charge >= 0.3 is 0 Å². The number of alkyl halides is 1. The summed E-state index contributed by atoms with van der Waals surface area (Å²) >= 11 is 3.59. The average molecular weight is 307 g/mol. The molecule has 2 aromatic rings. The number of halogens is 1. The van der Waals surface area contributed by atoms with Crippen molar-refractivity contribution in [1.82, 2.24) is 0 Å². The first kappa shape index (κ1) is 12.0. The van der Waals surface area contributed by atoms with Crippen molar-refractivity contribution in [1.29, 1.82) is 0 Å². The first-order chi connectivity index (χ1) is 8.79. The van der Waals surface area contributed by atoms with E-state index in [1.54, 1.807) is 7.11 Å². The number of ether oxygens (including phenoxy) is 2. The van der Waals surface area contributed by atoms with Gasteiger partial charge < -0.3 is 9.47 Å². The molecule has 3 unspecified atom stereocenters. The number of methoxy groups -OCH3 is 1. The summed E-state index contributed by atoms with van der Waals surface area (Å²) in [6.45, 7) is 0. The van der Waals surface area contributed by atoms with Crippen LogP contribution in [0.1, 0.15) is 6.42 Å². The fourth-order valence-corrected chi connectivity index (χ4v) is 3.33. The standard InChI is InChI=1S/C15H15BrO2/c1-17-15-12(16)9-14(15)18-13-8-4-6-10-5-2-3-7-11(10)13/h2-8,12,14-15H,9H2,1H3. The van der Waals surface area contributed by atoms with E-state index in [1.165, 1.54) is 5.39 Å². The summed E-state index contributed by atoms with van der Waals surface area (Å²) in [4.78, 5) is 0.405. The zero-order chi connectivity index (χ0) is 12.5. The Bertz CT molecular complexity index is 550. The maximum Gasteiger partial charge on any atom is 0.127 e. The third kappa shape index (κ3) is 2.02. The molecule has 2 aromatic carbocycles. The van der Waals surface area contributed by atoms with Crippen LogP contribution in [0.2, 0.25) is 0 Å². The van der Waals surface area contributed by atoms with Crippen LogP contribution in [0, 0.1) is 0 Å². The lowest BCUT2D eigenvalue weighted by atomic mass is 9.91. The molecule has 3 heteroatoms. The number of fused-ring (bicyclic) bond motifs is 1. The van der Waals surface area contributed by atoms with E-state index in [0.29, 0.717) is 4.83 Å². The first-order valence-corrected chi connectivity index (χ1v) is 7.02. The van der Waals surface area contributed by atoms with Crippen molar-refractivity contribution in [2.45, 2.75) is 23.5 Å². The number of rotatable bonds is 3. The maximum absolute atomic E-state index is 6.08. The molecule has 1 fully saturated rings. The molecule has 3 atom stereocenters. The van der Waals surface area contributed by atoms with Crippen LogP contribution in [0.25, 0.3) is 10.8 Å². The molecule has 0 radical (unpaired) electrons. The Kier molecular flexibility index (Phi) is 3.27. The fraction of sp³-hybridized carbons (Fsp3) is 0.333. The zero-order valence-corrected chi connectivity index (χ0v) is 11.8. The second-order valence-corrected chi connectivity index (χ2v) is 5.76. The van der Waals surface area contributed by atoms with Crippen LogP contribution in [0.4, 0.5) is 0 Å². The highest BCUT2D eigenvalue weighted by Crippen LogP contribution is 2.35. The Hall–Kier alpha value is -1.06. The van der Waals surface area contributed by atoms with Gasteiger partial charge in [0.25, 0.3) is 0 Å². The van der Waals surface area contributed by atoms with Gasteiger partial charge in [-0.25, -0.2) is 0 Å². The molecule has 0 aromatic heterocycles. The highest BCUT2D eigenvalue weighted by molar-refractivity contribution is 9.09. The van der Waals surface area contributed by atoms with E-state index in [2.05, 4.69) is 34.1 Å². The van der Waals surface area contributed by atoms with E-state index in [4.69, 9.17) is 9.47 Å². The summed E-state index contributed by atoms with van der Waals surface area (Å²) in [6.07, 6.45) is 1.27. The molecule has 0 heterocycles. The molecule has 1 saturated carbocycles. The van der Waals surface area contributed by atoms with Gasteiger partial charge in [-0.2, -0.15) is 0 Å². The van der Waals surface area contributed by atoms with Gasteiger partial charge in [0.2, 0.25) is 0 Å². The van der Waals surface area contributed by atoms with Crippen molar-refractivity contribution in [3.8, 4) is 5.75 Å². The topological polar surface area (TPSA) is 18.5 Å². The van der Waals surface area contributed by atoms with Crippen molar-refractivity contribution >= 4 is 26.7 Å². The van der Waals surface area contributed by atoms with Crippen LogP contribution in [-0.2, 0) is 4.74 Å². The summed E-state index contributed by atoms with van der Waals surface area (Å²) in [5, 5.41) is 2.37. The Balaban J connectivity index is 1.87. The van der Waals surface area contributed by atoms with Gasteiger partial charge in [0, 0.05) is 23.7 Å². The average Bonchev–Trinajstić information content (AvgIpc) is 2.39. The quantitative estimate of drug-likeness (QED) is 0.804. The van der Waals surface area contributed by atoms with E-state index < -0.39 is 0 Å². The molecule has 1 aliphatic carbocycles. The Morgan fingerprint density at radius 1 is 1.11 bits per heavy atom. The predicted octanol–water partition coefficient (Wildman–Crippen LogP) is 3.77. The third-order valence-electron chi connectivity index (χ3n) is 3.48. The van der Waals surface area contributed by atoms with Gasteiger partial charge in [-0.1, -0.05) is 52.3 Å². The van der Waals surface area contributed by atoms with Gasteiger partial charge in [0.15, 0.2) is 0 Å². The van der Waals surface area contributed by atoms with Gasteiger partial charge in [0.1, 0.15) is 18.0 Å². The van der Waals surface area contributed by atoms with Gasteiger partial charge in [-0.3, -0.25) is 0 Å². The lowest BCUT2D eigenvalue weighted by Crippen LogP contribution is -2.51. The van der Waals surface area contributed by atoms with Crippen molar-refractivity contribution in [3.63, 3.8) is 0 Å². The molecule has 0 saturated heterocycles. The molecule has 3 rings (SSSR count). The van der Waals surface area contributed by atoms with Gasteiger partial charge in [-0.05, 0) is 11.5 Å². The number of benzene rings is 2. The lowest BCUT2D eigenvalue weighted by Gasteiger charge is -2.40. The molecule has 0 spiro atoms.